The van der Waals surface area contributed by atoms with E-state index in [-0.39, 0.29) is 12.0 Å². The molecule has 0 aromatic heterocycles. The average molecular weight is 380 g/mol. The van der Waals surface area contributed by atoms with E-state index in [0.29, 0.717) is 0 Å². The van der Waals surface area contributed by atoms with Gasteiger partial charge in [-0.15, -0.1) is 6.58 Å². The Hall–Kier alpha value is -2.39. The van der Waals surface area contributed by atoms with Gasteiger partial charge in [-0.2, -0.15) is 5.10 Å². The van der Waals surface area contributed by atoms with Crippen molar-refractivity contribution in [3.8, 4) is 0 Å². The number of nitrogens with zero attached hydrogens (tertiary/aromatic N) is 3. The van der Waals surface area contributed by atoms with Crippen LogP contribution >= 0.6 is 11.6 Å². The number of benzene rings is 2. The minimum Gasteiger partial charge on any atom is -0.244 e. The highest BCUT2D eigenvalue weighted by Gasteiger charge is 2.31. The van der Waals surface area contributed by atoms with E-state index in [4.69, 9.17) is 21.7 Å². The summed E-state index contributed by atoms with van der Waals surface area (Å²) in [5, 5.41) is 7.78. The minimum absolute atomic E-state index is 0.0526. The number of aliphatic imine (C=N–C) groups is 1. The van der Waals surface area contributed by atoms with Gasteiger partial charge in [0.25, 0.3) is 0 Å². The van der Waals surface area contributed by atoms with Gasteiger partial charge in [0.15, 0.2) is 0 Å². The van der Waals surface area contributed by atoms with Crippen LogP contribution in [0.4, 0.5) is 5.69 Å². The molecule has 1 aliphatic heterocycles. The Bertz CT molecular complexity index is 868. The van der Waals surface area contributed by atoms with Gasteiger partial charge in [0, 0.05) is 28.6 Å². The molecular formula is C23H26ClN3. The van der Waals surface area contributed by atoms with E-state index in [2.05, 4.69) is 56.6 Å². The third-order valence-electron chi connectivity index (χ3n) is 4.60. The van der Waals surface area contributed by atoms with Gasteiger partial charge in [0.05, 0.1) is 11.7 Å². The first-order valence-electron chi connectivity index (χ1n) is 9.35. The fourth-order valence-electron chi connectivity index (χ4n) is 3.37. The molecule has 3 rings (SSSR count). The van der Waals surface area contributed by atoms with Crippen molar-refractivity contribution in [3.05, 3.63) is 77.3 Å². The molecule has 0 spiro atoms. The molecule has 3 nitrogen and oxygen atoms in total. The lowest BCUT2D eigenvalue weighted by molar-refractivity contribution is 0.313. The van der Waals surface area contributed by atoms with E-state index in [1.54, 1.807) is 0 Å². The van der Waals surface area contributed by atoms with Gasteiger partial charge in [-0.1, -0.05) is 61.9 Å². The lowest BCUT2D eigenvalue weighted by Crippen LogP contribution is -2.36. The van der Waals surface area contributed by atoms with Crippen LogP contribution < -0.4 is 0 Å². The number of fused-ring (bicyclic) bond motifs is 1. The van der Waals surface area contributed by atoms with Crippen LogP contribution in [0.3, 0.4) is 0 Å². The maximum atomic E-state index is 6.27. The van der Waals surface area contributed by atoms with Crippen molar-refractivity contribution in [2.24, 2.45) is 16.0 Å². The number of hydrazone groups is 1. The van der Waals surface area contributed by atoms with Crippen molar-refractivity contribution >= 4 is 28.8 Å². The van der Waals surface area contributed by atoms with Gasteiger partial charge in [-0.25, -0.2) is 10.0 Å². The van der Waals surface area contributed by atoms with E-state index in [1.165, 1.54) is 5.56 Å². The van der Waals surface area contributed by atoms with Crippen LogP contribution in [0.25, 0.3) is 0 Å². The number of halogens is 1. The molecule has 1 atom stereocenters. The van der Waals surface area contributed by atoms with E-state index in [1.807, 2.05) is 30.3 Å². The topological polar surface area (TPSA) is 28.0 Å². The summed E-state index contributed by atoms with van der Waals surface area (Å²) in [5.74, 6) is 1.23. The summed E-state index contributed by atoms with van der Waals surface area (Å²) in [6.45, 7) is 10.3. The van der Waals surface area contributed by atoms with Crippen LogP contribution in [0.1, 0.15) is 44.4 Å². The Labute approximate surface area is 167 Å². The summed E-state index contributed by atoms with van der Waals surface area (Å²) in [6, 6.07) is 16.3. The Morgan fingerprint density at radius 2 is 2.00 bits per heavy atom. The van der Waals surface area contributed by atoms with E-state index in [9.17, 15) is 0 Å². The summed E-state index contributed by atoms with van der Waals surface area (Å²) in [4.78, 5) is 4.90. The molecule has 0 bridgehead atoms. The summed E-state index contributed by atoms with van der Waals surface area (Å²) in [5.41, 5.74) is 4.38. The zero-order valence-electron chi connectivity index (χ0n) is 16.2. The lowest BCUT2D eigenvalue weighted by Gasteiger charge is -2.36. The van der Waals surface area contributed by atoms with Gasteiger partial charge < -0.3 is 0 Å². The second-order valence-corrected chi connectivity index (χ2v) is 7.65. The first-order chi connectivity index (χ1) is 13.0. The Kier molecular flexibility index (Phi) is 6.12. The second-order valence-electron chi connectivity index (χ2n) is 7.21. The first kappa shape index (κ1) is 19.4. The van der Waals surface area contributed by atoms with E-state index in [0.717, 1.165) is 40.7 Å². The number of rotatable bonds is 6. The van der Waals surface area contributed by atoms with Gasteiger partial charge in [0.2, 0.25) is 0 Å². The van der Waals surface area contributed by atoms with Crippen molar-refractivity contribution in [2.45, 2.75) is 39.7 Å². The summed E-state index contributed by atoms with van der Waals surface area (Å²) in [7, 11) is 0. The largest absolute Gasteiger partial charge is 0.244 e. The van der Waals surface area contributed by atoms with Gasteiger partial charge in [0.1, 0.15) is 5.84 Å². The third-order valence-corrected chi connectivity index (χ3v) is 4.84. The summed E-state index contributed by atoms with van der Waals surface area (Å²) in [6.07, 6.45) is 3.53. The van der Waals surface area contributed by atoms with E-state index < -0.39 is 0 Å². The standard InChI is InChI=1S/C23H26ClN3/c1-5-9-22-20-15-19(24)12-13-21(20)25-23(16(2)3)27(22)26-17(4)14-18-10-7-6-8-11-18/h5-8,10-13,15-16,22H,1,9,14H2,2-4H3/b26-17+. The molecule has 0 N–H and O–H groups in total. The monoisotopic (exact) mass is 379 g/mol. The summed E-state index contributed by atoms with van der Waals surface area (Å²) < 4.78 is 0. The normalized spacial score (nSPS) is 16.9. The molecule has 0 amide bonds. The molecule has 140 valence electrons. The highest BCUT2D eigenvalue weighted by molar-refractivity contribution is 6.30. The molecule has 2 aromatic carbocycles. The van der Waals surface area contributed by atoms with Crippen molar-refractivity contribution < 1.29 is 0 Å². The van der Waals surface area contributed by atoms with Crippen molar-refractivity contribution in [1.29, 1.82) is 0 Å². The molecule has 1 aliphatic rings. The van der Waals surface area contributed by atoms with Crippen molar-refractivity contribution in [1.82, 2.24) is 5.01 Å². The fraction of sp³-hybridized carbons (Fsp3) is 0.304. The van der Waals surface area contributed by atoms with Crippen LogP contribution in [-0.2, 0) is 6.42 Å². The third kappa shape index (κ3) is 4.48. The van der Waals surface area contributed by atoms with Crippen LogP contribution in [-0.4, -0.2) is 16.6 Å². The average Bonchev–Trinajstić information content (AvgIpc) is 2.64. The number of hydrogen-bond acceptors (Lipinski definition) is 3. The lowest BCUT2D eigenvalue weighted by atomic mass is 9.97. The Morgan fingerprint density at radius 1 is 1.26 bits per heavy atom. The zero-order chi connectivity index (χ0) is 19.4. The number of amidine groups is 1. The molecule has 4 heteroatoms. The van der Waals surface area contributed by atoms with Gasteiger partial charge in [-0.05, 0) is 37.1 Å². The molecule has 1 heterocycles. The molecule has 27 heavy (non-hydrogen) atoms. The molecular weight excluding hydrogens is 354 g/mol. The number of hydrogen-bond donors (Lipinski definition) is 0. The van der Waals surface area contributed by atoms with Gasteiger partial charge in [-0.3, -0.25) is 0 Å². The second kappa shape index (κ2) is 8.53. The molecule has 1 unspecified atom stereocenters. The maximum Gasteiger partial charge on any atom is 0.129 e. The molecule has 2 aromatic rings. The minimum atomic E-state index is 0.0526. The summed E-state index contributed by atoms with van der Waals surface area (Å²) >= 11 is 6.27. The van der Waals surface area contributed by atoms with Crippen LogP contribution in [0.5, 0.6) is 0 Å². The van der Waals surface area contributed by atoms with Crippen LogP contribution in [0, 0.1) is 5.92 Å². The molecule has 0 saturated heterocycles. The van der Waals surface area contributed by atoms with Crippen molar-refractivity contribution in [3.63, 3.8) is 0 Å². The highest BCUT2D eigenvalue weighted by atomic mass is 35.5. The molecule has 0 fully saturated rings. The maximum absolute atomic E-state index is 6.27. The molecule has 0 aliphatic carbocycles. The highest BCUT2D eigenvalue weighted by Crippen LogP contribution is 2.40. The Balaban J connectivity index is 2.02. The molecule has 0 radical (unpaired) electrons. The zero-order valence-corrected chi connectivity index (χ0v) is 16.9. The first-order valence-corrected chi connectivity index (χ1v) is 9.73. The van der Waals surface area contributed by atoms with Crippen LogP contribution in [0.15, 0.2) is 71.3 Å². The molecule has 0 saturated carbocycles. The van der Waals surface area contributed by atoms with Crippen molar-refractivity contribution in [2.75, 3.05) is 0 Å². The Morgan fingerprint density at radius 3 is 2.67 bits per heavy atom. The predicted octanol–water partition coefficient (Wildman–Crippen LogP) is 6.58. The van der Waals surface area contributed by atoms with Gasteiger partial charge >= 0.3 is 0 Å². The fourth-order valence-corrected chi connectivity index (χ4v) is 3.55. The smallest absolute Gasteiger partial charge is 0.129 e. The SMILES string of the molecule is C=CCC1c2cc(Cl)ccc2N=C(C(C)C)N1/N=C(\C)Cc1ccccc1. The predicted molar refractivity (Wildman–Crippen MR) is 116 cm³/mol. The van der Waals surface area contributed by atoms with Crippen LogP contribution in [0.2, 0.25) is 5.02 Å². The van der Waals surface area contributed by atoms with E-state index >= 15 is 0 Å². The quantitative estimate of drug-likeness (QED) is 0.411.